The zero-order valence-electron chi connectivity index (χ0n) is 10.0. The summed E-state index contributed by atoms with van der Waals surface area (Å²) in [5.74, 6) is 0.935. The van der Waals surface area contributed by atoms with Crippen LogP contribution in [0.2, 0.25) is 4.34 Å². The van der Waals surface area contributed by atoms with Crippen LogP contribution in [0.1, 0.15) is 22.1 Å². The Bertz CT molecular complexity index is 611. The Morgan fingerprint density at radius 1 is 1.42 bits per heavy atom. The normalized spacial score (nSPS) is 15.1. The molecular formula is C14H12BrClO2S. The van der Waals surface area contributed by atoms with E-state index in [-0.39, 0.29) is 0 Å². The highest BCUT2D eigenvalue weighted by molar-refractivity contribution is 9.10. The molecule has 0 saturated heterocycles. The summed E-state index contributed by atoms with van der Waals surface area (Å²) in [4.78, 5) is 0.886. The average Bonchev–Trinajstić information content (AvgIpc) is 2.97. The number of aliphatic hydroxyl groups is 1. The minimum absolute atomic E-state index is 0.540. The van der Waals surface area contributed by atoms with Crippen molar-refractivity contribution in [2.24, 2.45) is 0 Å². The van der Waals surface area contributed by atoms with Crippen molar-refractivity contribution in [1.29, 1.82) is 0 Å². The van der Waals surface area contributed by atoms with Crippen molar-refractivity contribution < 1.29 is 9.84 Å². The van der Waals surface area contributed by atoms with E-state index in [0.717, 1.165) is 33.7 Å². The van der Waals surface area contributed by atoms with Gasteiger partial charge < -0.3 is 9.84 Å². The second kappa shape index (κ2) is 5.44. The van der Waals surface area contributed by atoms with E-state index in [9.17, 15) is 5.11 Å². The molecule has 5 heteroatoms. The van der Waals surface area contributed by atoms with Crippen molar-refractivity contribution in [3.05, 3.63) is 49.1 Å². The molecule has 0 saturated carbocycles. The quantitative estimate of drug-likeness (QED) is 0.881. The fraction of sp³-hybridized carbons (Fsp3) is 0.286. The van der Waals surface area contributed by atoms with E-state index in [1.54, 1.807) is 0 Å². The van der Waals surface area contributed by atoms with Gasteiger partial charge in [0.1, 0.15) is 5.75 Å². The third-order valence-electron chi connectivity index (χ3n) is 3.16. The number of ether oxygens (including phenoxy) is 1. The maximum Gasteiger partial charge on any atom is 0.125 e. The zero-order valence-corrected chi connectivity index (χ0v) is 13.2. The minimum atomic E-state index is -0.542. The van der Waals surface area contributed by atoms with Crippen LogP contribution in [0.5, 0.6) is 5.75 Å². The molecule has 1 unspecified atom stereocenters. The summed E-state index contributed by atoms with van der Waals surface area (Å²) in [7, 11) is 0. The summed E-state index contributed by atoms with van der Waals surface area (Å²) in [5, 5.41) is 10.3. The van der Waals surface area contributed by atoms with Crippen LogP contribution in [0, 0.1) is 0 Å². The van der Waals surface area contributed by atoms with Gasteiger partial charge in [-0.05, 0) is 35.4 Å². The Kier molecular flexibility index (Phi) is 3.85. The standard InChI is InChI=1S/C14H12BrClO2S/c15-10-5-8-3-4-18-14(8)9(6-10)7-11(17)12-1-2-13(16)19-12/h1-2,5-6,11,17H,3-4,7H2. The van der Waals surface area contributed by atoms with Crippen LogP contribution in [-0.2, 0) is 12.8 Å². The molecule has 1 aromatic heterocycles. The van der Waals surface area contributed by atoms with Gasteiger partial charge in [-0.15, -0.1) is 11.3 Å². The first-order valence-electron chi connectivity index (χ1n) is 6.01. The molecule has 2 aromatic rings. The number of hydrogen-bond donors (Lipinski definition) is 1. The molecule has 1 aromatic carbocycles. The van der Waals surface area contributed by atoms with Gasteiger partial charge in [-0.25, -0.2) is 0 Å². The van der Waals surface area contributed by atoms with Crippen LogP contribution in [0.15, 0.2) is 28.7 Å². The number of aliphatic hydroxyl groups excluding tert-OH is 1. The molecule has 0 spiro atoms. The van der Waals surface area contributed by atoms with Gasteiger partial charge in [0.25, 0.3) is 0 Å². The molecule has 0 radical (unpaired) electrons. The van der Waals surface area contributed by atoms with Crippen LogP contribution in [0.25, 0.3) is 0 Å². The maximum absolute atomic E-state index is 10.3. The fourth-order valence-corrected chi connectivity index (χ4v) is 3.91. The van der Waals surface area contributed by atoms with E-state index in [4.69, 9.17) is 16.3 Å². The van der Waals surface area contributed by atoms with Crippen molar-refractivity contribution in [3.63, 3.8) is 0 Å². The first-order valence-corrected chi connectivity index (χ1v) is 7.99. The van der Waals surface area contributed by atoms with E-state index in [2.05, 4.69) is 22.0 Å². The Morgan fingerprint density at radius 3 is 3.00 bits per heavy atom. The van der Waals surface area contributed by atoms with Crippen LogP contribution in [0.4, 0.5) is 0 Å². The summed E-state index contributed by atoms with van der Waals surface area (Å²) >= 11 is 10.8. The van der Waals surface area contributed by atoms with Crippen LogP contribution < -0.4 is 4.74 Å². The molecular weight excluding hydrogens is 348 g/mol. The van der Waals surface area contributed by atoms with Gasteiger partial charge in [0.2, 0.25) is 0 Å². The first kappa shape index (κ1) is 13.4. The summed E-state index contributed by atoms with van der Waals surface area (Å²) < 4.78 is 7.40. The minimum Gasteiger partial charge on any atom is -0.493 e. The van der Waals surface area contributed by atoms with Gasteiger partial charge in [-0.3, -0.25) is 0 Å². The van der Waals surface area contributed by atoms with Crippen molar-refractivity contribution in [3.8, 4) is 5.75 Å². The van der Waals surface area contributed by atoms with Crippen molar-refractivity contribution in [2.45, 2.75) is 18.9 Å². The summed E-state index contributed by atoms with van der Waals surface area (Å²) in [5.41, 5.74) is 2.25. The maximum atomic E-state index is 10.3. The highest BCUT2D eigenvalue weighted by Crippen LogP contribution is 2.36. The predicted molar refractivity (Wildman–Crippen MR) is 81.3 cm³/mol. The van der Waals surface area contributed by atoms with Gasteiger partial charge >= 0.3 is 0 Å². The van der Waals surface area contributed by atoms with Crippen LogP contribution >= 0.6 is 38.9 Å². The number of benzene rings is 1. The summed E-state index contributed by atoms with van der Waals surface area (Å²) in [6, 6.07) is 7.78. The first-order chi connectivity index (χ1) is 9.13. The van der Waals surface area contributed by atoms with Gasteiger partial charge in [0, 0.05) is 22.2 Å². The number of rotatable bonds is 3. The Hall–Kier alpha value is -0.550. The Labute approximate surface area is 129 Å². The smallest absolute Gasteiger partial charge is 0.125 e. The number of fused-ring (bicyclic) bond motifs is 1. The number of hydrogen-bond acceptors (Lipinski definition) is 3. The van der Waals surface area contributed by atoms with E-state index in [0.29, 0.717) is 10.8 Å². The molecule has 0 bridgehead atoms. The van der Waals surface area contributed by atoms with Gasteiger partial charge in [0.15, 0.2) is 0 Å². The van der Waals surface area contributed by atoms with E-state index >= 15 is 0 Å². The van der Waals surface area contributed by atoms with Gasteiger partial charge in [-0.1, -0.05) is 27.5 Å². The topological polar surface area (TPSA) is 29.5 Å². The Balaban J connectivity index is 1.87. The lowest BCUT2D eigenvalue weighted by Crippen LogP contribution is -2.01. The molecule has 2 nitrogen and oxygen atoms in total. The molecule has 1 aliphatic heterocycles. The van der Waals surface area contributed by atoms with E-state index in [1.807, 2.05) is 18.2 Å². The molecule has 0 aliphatic carbocycles. The molecule has 19 heavy (non-hydrogen) atoms. The molecule has 1 N–H and O–H groups in total. The zero-order chi connectivity index (χ0) is 13.4. The van der Waals surface area contributed by atoms with Crippen molar-refractivity contribution >= 4 is 38.9 Å². The number of halogens is 2. The Morgan fingerprint density at radius 2 is 2.26 bits per heavy atom. The SMILES string of the molecule is OC(Cc1cc(Br)cc2c1OCC2)c1ccc(Cl)s1. The predicted octanol–water partition coefficient (Wildman–Crippen LogP) is 4.38. The summed E-state index contributed by atoms with van der Waals surface area (Å²) in [6.07, 6.45) is 0.932. The van der Waals surface area contributed by atoms with E-state index < -0.39 is 6.10 Å². The van der Waals surface area contributed by atoms with E-state index in [1.165, 1.54) is 16.9 Å². The second-order valence-corrected chi connectivity index (χ2v) is 7.18. The lowest BCUT2D eigenvalue weighted by atomic mass is 10.0. The molecule has 100 valence electrons. The van der Waals surface area contributed by atoms with Gasteiger partial charge in [0.05, 0.1) is 17.0 Å². The van der Waals surface area contributed by atoms with Crippen LogP contribution in [-0.4, -0.2) is 11.7 Å². The highest BCUT2D eigenvalue weighted by Gasteiger charge is 2.20. The molecule has 1 atom stereocenters. The van der Waals surface area contributed by atoms with Crippen molar-refractivity contribution in [2.75, 3.05) is 6.61 Å². The lowest BCUT2D eigenvalue weighted by Gasteiger charge is -2.12. The molecule has 0 fully saturated rings. The van der Waals surface area contributed by atoms with Gasteiger partial charge in [-0.2, -0.15) is 0 Å². The molecule has 2 heterocycles. The third-order valence-corrected chi connectivity index (χ3v) is 4.95. The summed E-state index contributed by atoms with van der Waals surface area (Å²) in [6.45, 7) is 0.722. The average molecular weight is 360 g/mol. The largest absolute Gasteiger partial charge is 0.493 e. The second-order valence-electron chi connectivity index (χ2n) is 4.51. The molecule has 0 amide bonds. The number of thiophene rings is 1. The molecule has 1 aliphatic rings. The molecule has 3 rings (SSSR count). The fourth-order valence-electron chi connectivity index (χ4n) is 2.31. The van der Waals surface area contributed by atoms with Crippen LogP contribution in [0.3, 0.4) is 0 Å². The highest BCUT2D eigenvalue weighted by atomic mass is 79.9. The lowest BCUT2D eigenvalue weighted by molar-refractivity contribution is 0.181. The third kappa shape index (κ3) is 2.82. The van der Waals surface area contributed by atoms with Crippen molar-refractivity contribution in [1.82, 2.24) is 0 Å². The monoisotopic (exact) mass is 358 g/mol.